The van der Waals surface area contributed by atoms with Crippen molar-refractivity contribution in [3.05, 3.63) is 35.9 Å². The monoisotopic (exact) mass is 344 g/mol. The molecule has 1 saturated heterocycles. The molecular weight excluding hydrogens is 316 g/mol. The van der Waals surface area contributed by atoms with Gasteiger partial charge in [0.1, 0.15) is 0 Å². The fourth-order valence-corrected chi connectivity index (χ4v) is 2.93. The van der Waals surface area contributed by atoms with Crippen LogP contribution in [0.5, 0.6) is 0 Å². The van der Waals surface area contributed by atoms with Gasteiger partial charge in [-0.15, -0.1) is 0 Å². The number of carbonyl (C=O) groups excluding carboxylic acids is 1. The van der Waals surface area contributed by atoms with E-state index in [0.29, 0.717) is 32.7 Å². The maximum atomic E-state index is 12.1. The first-order valence-corrected chi connectivity index (χ1v) is 8.95. The van der Waals surface area contributed by atoms with Gasteiger partial charge in [-0.1, -0.05) is 37.3 Å². The van der Waals surface area contributed by atoms with Crippen LogP contribution in [-0.2, 0) is 16.1 Å². The molecule has 1 fully saturated rings. The van der Waals surface area contributed by atoms with Gasteiger partial charge >= 0.3 is 0 Å². The van der Waals surface area contributed by atoms with E-state index in [9.17, 15) is 4.79 Å². The van der Waals surface area contributed by atoms with Gasteiger partial charge in [-0.3, -0.25) is 14.6 Å². The molecule has 0 saturated carbocycles. The second-order valence-corrected chi connectivity index (χ2v) is 6.29. The van der Waals surface area contributed by atoms with Crippen LogP contribution >= 0.6 is 0 Å². The Kier molecular flexibility index (Phi) is 8.40. The predicted molar refractivity (Wildman–Crippen MR) is 96.8 cm³/mol. The molecule has 2 rings (SSSR count). The highest BCUT2D eigenvalue weighted by atomic mass is 16.5. The van der Waals surface area contributed by atoms with Crippen LogP contribution in [0.1, 0.15) is 18.9 Å². The molecule has 1 aliphatic rings. The lowest BCUT2D eigenvalue weighted by Crippen LogP contribution is -2.48. The molecule has 1 aliphatic heterocycles. The molecule has 0 aromatic heterocycles. The van der Waals surface area contributed by atoms with Gasteiger partial charge in [0.15, 0.2) is 0 Å². The highest BCUT2D eigenvalue weighted by molar-refractivity contribution is 5.78. The molecule has 1 heterocycles. The molecule has 0 aliphatic carbocycles. The summed E-state index contributed by atoms with van der Waals surface area (Å²) in [5, 5.41) is 11.6. The first-order valence-electron chi connectivity index (χ1n) is 8.95. The van der Waals surface area contributed by atoms with E-state index in [0.717, 1.165) is 26.2 Å². The fourth-order valence-electron chi connectivity index (χ4n) is 2.93. The molecule has 0 spiro atoms. The summed E-state index contributed by atoms with van der Waals surface area (Å²) in [5.74, 6) is -0.0106. The average molecular weight is 344 g/mol. The first-order chi connectivity index (χ1) is 12.2. The van der Waals surface area contributed by atoms with Crippen molar-refractivity contribution in [3.63, 3.8) is 0 Å². The second kappa shape index (κ2) is 10.8. The lowest BCUT2D eigenvalue weighted by atomic mass is 10.2. The van der Waals surface area contributed by atoms with Crippen molar-refractivity contribution >= 4 is 5.91 Å². The molecule has 25 heavy (non-hydrogen) atoms. The molecule has 136 valence electrons. The van der Waals surface area contributed by atoms with E-state index in [4.69, 9.17) is 10.00 Å². The van der Waals surface area contributed by atoms with Gasteiger partial charge in [0, 0.05) is 39.1 Å². The number of ether oxygens (including phenoxy) is 1. The van der Waals surface area contributed by atoms with Crippen molar-refractivity contribution in [1.82, 2.24) is 15.1 Å². The summed E-state index contributed by atoms with van der Waals surface area (Å²) in [5.41, 5.74) is 1.29. The standard InChI is InChI=1S/C19H28N4O2/c1-2-22(10-6-9-20)16-19(24)21-13-18-15-23(11-12-25-18)14-17-7-4-3-5-8-17/h3-5,7-8,18H,2,6,10-16H2,1H3,(H,21,24). The third kappa shape index (κ3) is 7.22. The number of nitrogens with one attached hydrogen (secondary N) is 1. The smallest absolute Gasteiger partial charge is 0.234 e. The zero-order chi connectivity index (χ0) is 17.9. The van der Waals surface area contributed by atoms with Crippen LogP contribution in [0.15, 0.2) is 30.3 Å². The number of nitrogens with zero attached hydrogens (tertiary/aromatic N) is 3. The summed E-state index contributed by atoms with van der Waals surface area (Å²) in [6.07, 6.45) is 0.469. The van der Waals surface area contributed by atoms with Crippen molar-refractivity contribution in [2.45, 2.75) is 26.0 Å². The number of benzene rings is 1. The van der Waals surface area contributed by atoms with E-state index in [2.05, 4.69) is 40.6 Å². The molecule has 0 bridgehead atoms. The molecule has 1 N–H and O–H groups in total. The normalized spacial score (nSPS) is 18.0. The van der Waals surface area contributed by atoms with E-state index in [1.54, 1.807) is 0 Å². The van der Waals surface area contributed by atoms with Crippen LogP contribution in [-0.4, -0.2) is 67.7 Å². The molecule has 6 nitrogen and oxygen atoms in total. The minimum absolute atomic E-state index is 0.0106. The number of rotatable bonds is 9. The van der Waals surface area contributed by atoms with E-state index in [-0.39, 0.29) is 12.0 Å². The van der Waals surface area contributed by atoms with Crippen LogP contribution in [0, 0.1) is 11.3 Å². The summed E-state index contributed by atoms with van der Waals surface area (Å²) < 4.78 is 5.78. The van der Waals surface area contributed by atoms with Gasteiger partial charge in [-0.25, -0.2) is 0 Å². The molecule has 6 heteroatoms. The summed E-state index contributed by atoms with van der Waals surface area (Å²) in [6.45, 7) is 7.58. The number of amides is 1. The van der Waals surface area contributed by atoms with Gasteiger partial charge in [0.25, 0.3) is 0 Å². The fraction of sp³-hybridized carbons (Fsp3) is 0.579. The summed E-state index contributed by atoms with van der Waals surface area (Å²) in [4.78, 5) is 16.4. The van der Waals surface area contributed by atoms with Gasteiger partial charge in [-0.2, -0.15) is 5.26 Å². The van der Waals surface area contributed by atoms with Gasteiger partial charge in [0.05, 0.1) is 25.3 Å². The molecule has 1 aromatic rings. The summed E-state index contributed by atoms with van der Waals surface area (Å²) in [7, 11) is 0. The van der Waals surface area contributed by atoms with E-state index in [1.165, 1.54) is 5.56 Å². The quantitative estimate of drug-likeness (QED) is 0.730. The van der Waals surface area contributed by atoms with Crippen molar-refractivity contribution in [3.8, 4) is 6.07 Å². The molecular formula is C19H28N4O2. The largest absolute Gasteiger partial charge is 0.374 e. The third-order valence-electron chi connectivity index (χ3n) is 4.35. The number of morpholine rings is 1. The molecule has 1 aromatic carbocycles. The Labute approximate surface area is 150 Å². The average Bonchev–Trinajstić information content (AvgIpc) is 2.64. The van der Waals surface area contributed by atoms with Crippen molar-refractivity contribution in [2.24, 2.45) is 0 Å². The van der Waals surface area contributed by atoms with Gasteiger partial charge < -0.3 is 10.1 Å². The number of carbonyl (C=O) groups is 1. The van der Waals surface area contributed by atoms with Gasteiger partial charge in [0.2, 0.25) is 5.91 Å². The van der Waals surface area contributed by atoms with Crippen LogP contribution in [0.25, 0.3) is 0 Å². The Morgan fingerprint density at radius 1 is 1.44 bits per heavy atom. The first kappa shape index (κ1) is 19.4. The molecule has 1 atom stereocenters. The van der Waals surface area contributed by atoms with E-state index < -0.39 is 0 Å². The zero-order valence-electron chi connectivity index (χ0n) is 15.0. The third-order valence-corrected chi connectivity index (χ3v) is 4.35. The van der Waals surface area contributed by atoms with Crippen molar-refractivity contribution in [2.75, 3.05) is 45.9 Å². The van der Waals surface area contributed by atoms with Crippen molar-refractivity contribution in [1.29, 1.82) is 5.26 Å². The Balaban J connectivity index is 1.71. The Morgan fingerprint density at radius 3 is 2.96 bits per heavy atom. The van der Waals surface area contributed by atoms with Crippen LogP contribution < -0.4 is 5.32 Å². The Morgan fingerprint density at radius 2 is 2.24 bits per heavy atom. The lowest BCUT2D eigenvalue weighted by molar-refractivity contribution is -0.123. The SMILES string of the molecule is CCN(CCC#N)CC(=O)NCC1CN(Cc2ccccc2)CCO1. The maximum Gasteiger partial charge on any atom is 0.234 e. The molecule has 0 radical (unpaired) electrons. The van der Waals surface area contributed by atoms with E-state index >= 15 is 0 Å². The second-order valence-electron chi connectivity index (χ2n) is 6.29. The summed E-state index contributed by atoms with van der Waals surface area (Å²) >= 11 is 0. The molecule has 1 unspecified atom stereocenters. The Hall–Kier alpha value is -1.94. The summed E-state index contributed by atoms with van der Waals surface area (Å²) in [6, 6.07) is 12.5. The van der Waals surface area contributed by atoms with Crippen LogP contribution in [0.3, 0.4) is 0 Å². The number of hydrogen-bond donors (Lipinski definition) is 1. The highest BCUT2D eigenvalue weighted by Crippen LogP contribution is 2.10. The van der Waals surface area contributed by atoms with Crippen LogP contribution in [0.2, 0.25) is 0 Å². The van der Waals surface area contributed by atoms with Crippen molar-refractivity contribution < 1.29 is 9.53 Å². The highest BCUT2D eigenvalue weighted by Gasteiger charge is 2.21. The lowest BCUT2D eigenvalue weighted by Gasteiger charge is -2.33. The number of likely N-dealkylation sites (N-methyl/N-ethyl adjacent to an activating group) is 1. The topological polar surface area (TPSA) is 68.6 Å². The number of hydrogen-bond acceptors (Lipinski definition) is 5. The Bertz CT molecular complexity index is 558. The zero-order valence-corrected chi connectivity index (χ0v) is 15.0. The van der Waals surface area contributed by atoms with E-state index in [1.807, 2.05) is 17.9 Å². The minimum Gasteiger partial charge on any atom is -0.374 e. The van der Waals surface area contributed by atoms with Crippen LogP contribution in [0.4, 0.5) is 0 Å². The maximum absolute atomic E-state index is 12.1. The minimum atomic E-state index is -0.0106. The number of nitriles is 1. The van der Waals surface area contributed by atoms with Gasteiger partial charge in [-0.05, 0) is 12.1 Å². The predicted octanol–water partition coefficient (Wildman–Crippen LogP) is 1.24. The molecule has 1 amide bonds.